The fourth-order valence-electron chi connectivity index (χ4n) is 2.18. The molecule has 0 saturated heterocycles. The lowest BCUT2D eigenvalue weighted by molar-refractivity contribution is 0.0730. The zero-order chi connectivity index (χ0) is 12.7. The van der Waals surface area contributed by atoms with Gasteiger partial charge in [0.2, 0.25) is 0 Å². The number of aliphatic hydroxyl groups is 1. The molecule has 0 unspecified atom stereocenters. The molecule has 0 radical (unpaired) electrons. The molecule has 0 aliphatic rings. The highest BCUT2D eigenvalue weighted by atomic mass is 16.3. The first-order valence-corrected chi connectivity index (χ1v) is 6.34. The summed E-state index contributed by atoms with van der Waals surface area (Å²) in [6.45, 7) is 6.37. The second-order valence-electron chi connectivity index (χ2n) is 4.90. The van der Waals surface area contributed by atoms with E-state index in [1.165, 1.54) is 5.56 Å². The maximum absolute atomic E-state index is 9.55. The van der Waals surface area contributed by atoms with Crippen molar-refractivity contribution in [2.24, 2.45) is 5.41 Å². The third-order valence-electron chi connectivity index (χ3n) is 3.62. The van der Waals surface area contributed by atoms with Crippen LogP contribution >= 0.6 is 0 Å². The Morgan fingerprint density at radius 1 is 1.35 bits per heavy atom. The van der Waals surface area contributed by atoms with Gasteiger partial charge >= 0.3 is 0 Å². The summed E-state index contributed by atoms with van der Waals surface area (Å²) in [6, 6.07) is 4.05. The minimum atomic E-state index is 0.0386. The van der Waals surface area contributed by atoms with Crippen molar-refractivity contribution in [3.05, 3.63) is 30.1 Å². The van der Waals surface area contributed by atoms with Crippen LogP contribution in [-0.2, 0) is 6.54 Å². The number of aliphatic hydroxyl groups excluding tert-OH is 1. The summed E-state index contributed by atoms with van der Waals surface area (Å²) in [7, 11) is 2.10. The Kier molecular flexibility index (Phi) is 5.59. The van der Waals surface area contributed by atoms with E-state index in [2.05, 4.69) is 36.8 Å². The maximum Gasteiger partial charge on any atom is 0.0499 e. The van der Waals surface area contributed by atoms with Gasteiger partial charge in [0.25, 0.3) is 0 Å². The molecule has 0 aliphatic heterocycles. The number of hydrogen-bond donors (Lipinski definition) is 1. The first kappa shape index (κ1) is 14.1. The molecule has 0 fully saturated rings. The van der Waals surface area contributed by atoms with Crippen LogP contribution in [-0.4, -0.2) is 35.2 Å². The molecule has 3 nitrogen and oxygen atoms in total. The number of rotatable bonds is 7. The van der Waals surface area contributed by atoms with Crippen LogP contribution < -0.4 is 0 Å². The molecule has 0 aromatic carbocycles. The van der Waals surface area contributed by atoms with Gasteiger partial charge < -0.3 is 10.0 Å². The normalized spacial score (nSPS) is 12.1. The monoisotopic (exact) mass is 236 g/mol. The zero-order valence-corrected chi connectivity index (χ0v) is 11.2. The fourth-order valence-corrected chi connectivity index (χ4v) is 2.18. The van der Waals surface area contributed by atoms with E-state index < -0.39 is 0 Å². The van der Waals surface area contributed by atoms with Crippen LogP contribution in [0.5, 0.6) is 0 Å². The fraction of sp³-hybridized carbons (Fsp3) is 0.643. The van der Waals surface area contributed by atoms with E-state index in [1.807, 2.05) is 12.3 Å². The number of pyridine rings is 1. The highest BCUT2D eigenvalue weighted by Gasteiger charge is 2.26. The Morgan fingerprint density at radius 2 is 2.06 bits per heavy atom. The summed E-state index contributed by atoms with van der Waals surface area (Å²) in [5, 5.41) is 9.55. The summed E-state index contributed by atoms with van der Waals surface area (Å²) in [4.78, 5) is 6.38. The molecule has 0 aliphatic carbocycles. The number of nitrogens with zero attached hydrogens (tertiary/aromatic N) is 2. The highest BCUT2D eigenvalue weighted by Crippen LogP contribution is 2.26. The maximum atomic E-state index is 9.55. The van der Waals surface area contributed by atoms with Gasteiger partial charge in [0.15, 0.2) is 0 Å². The number of aromatic nitrogens is 1. The van der Waals surface area contributed by atoms with Gasteiger partial charge in [-0.3, -0.25) is 4.98 Å². The van der Waals surface area contributed by atoms with E-state index in [0.717, 1.165) is 25.9 Å². The van der Waals surface area contributed by atoms with Crippen LogP contribution in [0.1, 0.15) is 32.3 Å². The van der Waals surface area contributed by atoms with Crippen molar-refractivity contribution in [1.82, 2.24) is 9.88 Å². The topological polar surface area (TPSA) is 36.4 Å². The van der Waals surface area contributed by atoms with Crippen molar-refractivity contribution in [2.75, 3.05) is 20.2 Å². The van der Waals surface area contributed by atoms with Gasteiger partial charge in [-0.15, -0.1) is 0 Å². The lowest BCUT2D eigenvalue weighted by Gasteiger charge is -2.34. The summed E-state index contributed by atoms with van der Waals surface area (Å²) >= 11 is 0. The summed E-state index contributed by atoms with van der Waals surface area (Å²) in [6.07, 6.45) is 5.71. The molecule has 0 atom stereocenters. The molecule has 0 amide bonds. The van der Waals surface area contributed by atoms with Crippen LogP contribution in [0.15, 0.2) is 24.5 Å². The first-order chi connectivity index (χ1) is 8.15. The molecule has 1 aromatic heterocycles. The average Bonchev–Trinajstić information content (AvgIpc) is 2.37. The third kappa shape index (κ3) is 4.10. The second-order valence-corrected chi connectivity index (χ2v) is 4.90. The summed E-state index contributed by atoms with van der Waals surface area (Å²) in [5.74, 6) is 0. The molecule has 96 valence electrons. The van der Waals surface area contributed by atoms with Crippen LogP contribution in [0.3, 0.4) is 0 Å². The van der Waals surface area contributed by atoms with Crippen molar-refractivity contribution >= 4 is 0 Å². The molecule has 1 N–H and O–H groups in total. The Morgan fingerprint density at radius 3 is 2.53 bits per heavy atom. The van der Waals surface area contributed by atoms with Crippen molar-refractivity contribution in [3.63, 3.8) is 0 Å². The van der Waals surface area contributed by atoms with Gasteiger partial charge in [0.1, 0.15) is 0 Å². The van der Waals surface area contributed by atoms with Gasteiger partial charge in [-0.05, 0) is 31.5 Å². The molecule has 0 saturated carbocycles. The Hall–Kier alpha value is -0.930. The largest absolute Gasteiger partial charge is 0.396 e. The standard InChI is InChI=1S/C14H24N2O/c1-4-14(5-2,12-17)11-16(3)10-13-7-6-8-15-9-13/h6-9,17H,4-5,10-12H2,1-3H3. The van der Waals surface area contributed by atoms with E-state index in [4.69, 9.17) is 0 Å². The van der Waals surface area contributed by atoms with Gasteiger partial charge in [-0.1, -0.05) is 19.9 Å². The van der Waals surface area contributed by atoms with Crippen LogP contribution in [0, 0.1) is 5.41 Å². The molecule has 1 rings (SSSR count). The predicted molar refractivity (Wildman–Crippen MR) is 70.7 cm³/mol. The third-order valence-corrected chi connectivity index (χ3v) is 3.62. The molecular weight excluding hydrogens is 212 g/mol. The van der Waals surface area contributed by atoms with Gasteiger partial charge in [0, 0.05) is 37.5 Å². The van der Waals surface area contributed by atoms with Gasteiger partial charge in [0.05, 0.1) is 0 Å². The average molecular weight is 236 g/mol. The Balaban J connectivity index is 2.56. The van der Waals surface area contributed by atoms with E-state index in [1.54, 1.807) is 6.20 Å². The van der Waals surface area contributed by atoms with E-state index in [9.17, 15) is 5.11 Å². The molecule has 17 heavy (non-hydrogen) atoms. The predicted octanol–water partition coefficient (Wildman–Crippen LogP) is 2.31. The minimum absolute atomic E-state index is 0.0386. The molecular formula is C14H24N2O. The Bertz CT molecular complexity index is 301. The first-order valence-electron chi connectivity index (χ1n) is 6.34. The molecule has 1 heterocycles. The second kappa shape index (κ2) is 6.72. The lowest BCUT2D eigenvalue weighted by Crippen LogP contribution is -2.37. The highest BCUT2D eigenvalue weighted by molar-refractivity contribution is 5.08. The molecule has 1 aromatic rings. The smallest absolute Gasteiger partial charge is 0.0499 e. The van der Waals surface area contributed by atoms with Crippen molar-refractivity contribution in [3.8, 4) is 0 Å². The summed E-state index contributed by atoms with van der Waals surface area (Å²) < 4.78 is 0. The van der Waals surface area contributed by atoms with Crippen LogP contribution in [0.2, 0.25) is 0 Å². The van der Waals surface area contributed by atoms with Crippen LogP contribution in [0.25, 0.3) is 0 Å². The minimum Gasteiger partial charge on any atom is -0.396 e. The van der Waals surface area contributed by atoms with Gasteiger partial charge in [-0.2, -0.15) is 0 Å². The Labute approximate surface area is 104 Å². The van der Waals surface area contributed by atoms with Gasteiger partial charge in [-0.25, -0.2) is 0 Å². The molecule has 0 bridgehead atoms. The van der Waals surface area contributed by atoms with Crippen LogP contribution in [0.4, 0.5) is 0 Å². The molecule has 0 spiro atoms. The van der Waals surface area contributed by atoms with E-state index in [0.29, 0.717) is 0 Å². The van der Waals surface area contributed by atoms with Crippen molar-refractivity contribution < 1.29 is 5.11 Å². The number of hydrogen-bond acceptors (Lipinski definition) is 3. The quantitative estimate of drug-likeness (QED) is 0.789. The summed E-state index contributed by atoms with van der Waals surface area (Å²) in [5.41, 5.74) is 1.26. The van der Waals surface area contributed by atoms with Crippen molar-refractivity contribution in [1.29, 1.82) is 0 Å². The SMILES string of the molecule is CCC(CC)(CO)CN(C)Cc1cccnc1. The van der Waals surface area contributed by atoms with E-state index >= 15 is 0 Å². The van der Waals surface area contributed by atoms with Crippen molar-refractivity contribution in [2.45, 2.75) is 33.2 Å². The zero-order valence-electron chi connectivity index (χ0n) is 11.2. The van der Waals surface area contributed by atoms with E-state index in [-0.39, 0.29) is 12.0 Å². The lowest BCUT2D eigenvalue weighted by atomic mass is 9.83. The molecule has 3 heteroatoms.